The van der Waals surface area contributed by atoms with Crippen LogP contribution < -0.4 is 4.74 Å². The van der Waals surface area contributed by atoms with Gasteiger partial charge in [0.25, 0.3) is 11.8 Å². The van der Waals surface area contributed by atoms with Gasteiger partial charge in [-0.25, -0.2) is 4.39 Å². The standard InChI is InChI=1S/C21H23FN2O3/c1-15-14-16(8-9-19(15)27-2)20(25)23-10-5-11-24(13-12-23)21(26)17-6-3-4-7-18(17)22/h3-4,6-9,14H,5,10-13H2,1-2H3. The molecule has 0 aliphatic carbocycles. The maximum Gasteiger partial charge on any atom is 0.256 e. The Balaban J connectivity index is 1.69. The summed E-state index contributed by atoms with van der Waals surface area (Å²) in [5.41, 5.74) is 1.57. The van der Waals surface area contributed by atoms with Crippen molar-refractivity contribution in [1.29, 1.82) is 0 Å². The first-order valence-electron chi connectivity index (χ1n) is 8.99. The fraction of sp³-hybridized carbons (Fsp3) is 0.333. The zero-order valence-corrected chi connectivity index (χ0v) is 15.6. The Morgan fingerprint density at radius 2 is 1.63 bits per heavy atom. The molecule has 0 N–H and O–H groups in total. The van der Waals surface area contributed by atoms with E-state index in [1.54, 1.807) is 41.2 Å². The van der Waals surface area contributed by atoms with E-state index in [0.717, 1.165) is 11.3 Å². The van der Waals surface area contributed by atoms with Gasteiger partial charge in [-0.05, 0) is 49.2 Å². The van der Waals surface area contributed by atoms with Gasteiger partial charge >= 0.3 is 0 Å². The van der Waals surface area contributed by atoms with Gasteiger partial charge in [0, 0.05) is 31.7 Å². The van der Waals surface area contributed by atoms with Crippen LogP contribution in [-0.2, 0) is 0 Å². The van der Waals surface area contributed by atoms with Gasteiger partial charge < -0.3 is 14.5 Å². The molecule has 0 bridgehead atoms. The van der Waals surface area contributed by atoms with Crippen LogP contribution in [0.25, 0.3) is 0 Å². The zero-order chi connectivity index (χ0) is 19.4. The SMILES string of the molecule is COc1ccc(C(=O)N2CCCN(C(=O)c3ccccc3F)CC2)cc1C. The van der Waals surface area contributed by atoms with Gasteiger partial charge in [-0.15, -0.1) is 0 Å². The Morgan fingerprint density at radius 1 is 0.963 bits per heavy atom. The Kier molecular flexibility index (Phi) is 5.74. The van der Waals surface area contributed by atoms with Gasteiger partial charge in [0.15, 0.2) is 0 Å². The number of amides is 2. The number of methoxy groups -OCH3 is 1. The van der Waals surface area contributed by atoms with Crippen LogP contribution >= 0.6 is 0 Å². The minimum absolute atomic E-state index is 0.0686. The molecule has 1 saturated heterocycles. The molecule has 2 aromatic rings. The number of benzene rings is 2. The molecular weight excluding hydrogens is 347 g/mol. The van der Waals surface area contributed by atoms with Crippen molar-refractivity contribution >= 4 is 11.8 Å². The van der Waals surface area contributed by atoms with Gasteiger partial charge in [0.2, 0.25) is 0 Å². The highest BCUT2D eigenvalue weighted by Crippen LogP contribution is 2.20. The van der Waals surface area contributed by atoms with Crippen LogP contribution in [0.5, 0.6) is 5.75 Å². The topological polar surface area (TPSA) is 49.9 Å². The predicted molar refractivity (Wildman–Crippen MR) is 101 cm³/mol. The molecule has 5 nitrogen and oxygen atoms in total. The largest absolute Gasteiger partial charge is 0.496 e. The van der Waals surface area contributed by atoms with Gasteiger partial charge in [0.05, 0.1) is 12.7 Å². The molecule has 0 saturated carbocycles. The number of hydrogen-bond donors (Lipinski definition) is 0. The number of ether oxygens (including phenoxy) is 1. The Hall–Kier alpha value is -2.89. The molecule has 0 spiro atoms. The fourth-order valence-electron chi connectivity index (χ4n) is 3.32. The third-order valence-electron chi connectivity index (χ3n) is 4.82. The monoisotopic (exact) mass is 370 g/mol. The average molecular weight is 370 g/mol. The number of hydrogen-bond acceptors (Lipinski definition) is 3. The van der Waals surface area contributed by atoms with Crippen molar-refractivity contribution in [1.82, 2.24) is 9.80 Å². The third kappa shape index (κ3) is 4.10. The lowest BCUT2D eigenvalue weighted by Gasteiger charge is -2.22. The number of nitrogens with zero attached hydrogens (tertiary/aromatic N) is 2. The Bertz CT molecular complexity index is 853. The molecule has 0 aromatic heterocycles. The molecule has 2 amide bonds. The molecule has 0 radical (unpaired) electrons. The lowest BCUT2D eigenvalue weighted by molar-refractivity contribution is 0.0716. The summed E-state index contributed by atoms with van der Waals surface area (Å²) in [6.07, 6.45) is 0.654. The summed E-state index contributed by atoms with van der Waals surface area (Å²) in [5.74, 6) is -0.180. The summed E-state index contributed by atoms with van der Waals surface area (Å²) < 4.78 is 19.1. The van der Waals surface area contributed by atoms with Gasteiger partial charge in [-0.1, -0.05) is 12.1 Å². The molecule has 1 heterocycles. The van der Waals surface area contributed by atoms with E-state index >= 15 is 0 Å². The summed E-state index contributed by atoms with van der Waals surface area (Å²) in [7, 11) is 1.60. The molecule has 1 aliphatic heterocycles. The highest BCUT2D eigenvalue weighted by Gasteiger charge is 2.25. The first kappa shape index (κ1) is 18.9. The molecule has 3 rings (SSSR count). The Morgan fingerprint density at radius 3 is 2.26 bits per heavy atom. The smallest absolute Gasteiger partial charge is 0.256 e. The quantitative estimate of drug-likeness (QED) is 0.834. The first-order valence-corrected chi connectivity index (χ1v) is 8.99. The van der Waals surface area contributed by atoms with E-state index in [2.05, 4.69) is 0 Å². The van der Waals surface area contributed by atoms with Crippen molar-refractivity contribution in [2.75, 3.05) is 33.3 Å². The van der Waals surface area contributed by atoms with Crippen molar-refractivity contribution in [2.24, 2.45) is 0 Å². The fourth-order valence-corrected chi connectivity index (χ4v) is 3.32. The van der Waals surface area contributed by atoms with E-state index in [-0.39, 0.29) is 17.4 Å². The number of rotatable bonds is 3. The molecule has 1 fully saturated rings. The van der Waals surface area contributed by atoms with Crippen LogP contribution in [0, 0.1) is 12.7 Å². The van der Waals surface area contributed by atoms with Crippen molar-refractivity contribution in [3.05, 3.63) is 65.0 Å². The van der Waals surface area contributed by atoms with Crippen molar-refractivity contribution in [2.45, 2.75) is 13.3 Å². The van der Waals surface area contributed by atoms with E-state index in [1.807, 2.05) is 13.0 Å². The number of aryl methyl sites for hydroxylation is 1. The molecular formula is C21H23FN2O3. The second kappa shape index (κ2) is 8.20. The molecule has 0 atom stereocenters. The summed E-state index contributed by atoms with van der Waals surface area (Å²) in [5, 5.41) is 0. The van der Waals surface area contributed by atoms with Crippen molar-refractivity contribution in [3.63, 3.8) is 0 Å². The van der Waals surface area contributed by atoms with Gasteiger partial charge in [0.1, 0.15) is 11.6 Å². The molecule has 6 heteroatoms. The lowest BCUT2D eigenvalue weighted by Crippen LogP contribution is -2.37. The second-order valence-electron chi connectivity index (χ2n) is 6.60. The van der Waals surface area contributed by atoms with Crippen LogP contribution in [0.15, 0.2) is 42.5 Å². The van der Waals surface area contributed by atoms with Crippen LogP contribution in [-0.4, -0.2) is 54.9 Å². The minimum Gasteiger partial charge on any atom is -0.496 e. The maximum atomic E-state index is 13.9. The van der Waals surface area contributed by atoms with E-state index in [9.17, 15) is 14.0 Å². The van der Waals surface area contributed by atoms with Crippen LogP contribution in [0.3, 0.4) is 0 Å². The lowest BCUT2D eigenvalue weighted by atomic mass is 10.1. The van der Waals surface area contributed by atoms with Crippen LogP contribution in [0.1, 0.15) is 32.7 Å². The van der Waals surface area contributed by atoms with E-state index in [4.69, 9.17) is 4.74 Å². The highest BCUT2D eigenvalue weighted by molar-refractivity contribution is 5.95. The highest BCUT2D eigenvalue weighted by atomic mass is 19.1. The minimum atomic E-state index is -0.520. The second-order valence-corrected chi connectivity index (χ2v) is 6.60. The van der Waals surface area contributed by atoms with Crippen molar-refractivity contribution in [3.8, 4) is 5.75 Å². The number of carbonyl (C=O) groups excluding carboxylic acids is 2. The van der Waals surface area contributed by atoms with Gasteiger partial charge in [-0.2, -0.15) is 0 Å². The number of carbonyl (C=O) groups is 2. The molecule has 27 heavy (non-hydrogen) atoms. The third-order valence-corrected chi connectivity index (χ3v) is 4.82. The molecule has 1 aliphatic rings. The average Bonchev–Trinajstić information content (AvgIpc) is 2.93. The maximum absolute atomic E-state index is 13.9. The molecule has 142 valence electrons. The molecule has 0 unspecified atom stereocenters. The number of halogens is 1. The van der Waals surface area contributed by atoms with E-state index in [1.165, 1.54) is 12.1 Å². The van der Waals surface area contributed by atoms with Crippen molar-refractivity contribution < 1.29 is 18.7 Å². The predicted octanol–water partition coefficient (Wildman–Crippen LogP) is 3.13. The van der Waals surface area contributed by atoms with E-state index in [0.29, 0.717) is 38.2 Å². The van der Waals surface area contributed by atoms with E-state index < -0.39 is 5.82 Å². The summed E-state index contributed by atoms with van der Waals surface area (Å²) in [4.78, 5) is 28.8. The summed E-state index contributed by atoms with van der Waals surface area (Å²) in [6, 6.07) is 11.3. The van der Waals surface area contributed by atoms with Crippen LogP contribution in [0.4, 0.5) is 4.39 Å². The Labute approximate surface area is 158 Å². The normalized spacial score (nSPS) is 14.6. The summed E-state index contributed by atoms with van der Waals surface area (Å²) >= 11 is 0. The van der Waals surface area contributed by atoms with Crippen LogP contribution in [0.2, 0.25) is 0 Å². The zero-order valence-electron chi connectivity index (χ0n) is 15.6. The molecule has 2 aromatic carbocycles. The first-order chi connectivity index (χ1) is 13.0. The summed E-state index contributed by atoms with van der Waals surface area (Å²) in [6.45, 7) is 3.76. The van der Waals surface area contributed by atoms with Gasteiger partial charge in [-0.3, -0.25) is 9.59 Å².